The number of benzene rings is 1. The maximum absolute atomic E-state index is 13.2. The molecule has 0 atom stereocenters. The summed E-state index contributed by atoms with van der Waals surface area (Å²) >= 11 is 0. The Morgan fingerprint density at radius 3 is 2.50 bits per heavy atom. The molecule has 0 aliphatic carbocycles. The summed E-state index contributed by atoms with van der Waals surface area (Å²) in [5, 5.41) is 0. The second-order valence-corrected chi connectivity index (χ2v) is 6.90. The zero-order valence-electron chi connectivity index (χ0n) is 16.7. The third-order valence-electron chi connectivity index (χ3n) is 5.29. The highest BCUT2D eigenvalue weighted by Crippen LogP contribution is 2.29. The van der Waals surface area contributed by atoms with E-state index in [-0.39, 0.29) is 11.2 Å². The molecule has 4 aromatic rings. The van der Waals surface area contributed by atoms with Crippen molar-refractivity contribution < 1.29 is 4.74 Å². The molecule has 3 aromatic heterocycles. The summed E-state index contributed by atoms with van der Waals surface area (Å²) in [5.41, 5.74) is 2.80. The van der Waals surface area contributed by atoms with Gasteiger partial charge in [0.15, 0.2) is 11.2 Å². The highest BCUT2D eigenvalue weighted by atomic mass is 16.5. The van der Waals surface area contributed by atoms with E-state index in [9.17, 15) is 9.59 Å². The predicted octanol–water partition coefficient (Wildman–Crippen LogP) is 2.17. The number of ether oxygens (including phenoxy) is 1. The summed E-state index contributed by atoms with van der Waals surface area (Å²) in [4.78, 5) is 30.5. The molecule has 1 aromatic carbocycles. The molecule has 0 aliphatic heterocycles. The molecule has 0 radical (unpaired) electrons. The number of rotatable bonds is 4. The number of para-hydroxylation sites is 2. The Labute approximate surface area is 161 Å². The normalized spacial score (nSPS) is 11.6. The Bertz CT molecular complexity index is 1340. The quantitative estimate of drug-likeness (QED) is 0.543. The lowest BCUT2D eigenvalue weighted by Crippen LogP contribution is -2.39. The van der Waals surface area contributed by atoms with Crippen molar-refractivity contribution in [1.29, 1.82) is 0 Å². The fourth-order valence-electron chi connectivity index (χ4n) is 3.77. The van der Waals surface area contributed by atoms with Crippen molar-refractivity contribution in [3.63, 3.8) is 0 Å². The average Bonchev–Trinajstić information content (AvgIpc) is 3.19. The number of hydrogen-bond acceptors (Lipinski definition) is 4. The van der Waals surface area contributed by atoms with Crippen LogP contribution in [-0.2, 0) is 13.6 Å². The fourth-order valence-corrected chi connectivity index (χ4v) is 3.77. The minimum absolute atomic E-state index is 0.312. The Kier molecular flexibility index (Phi) is 4.14. The lowest BCUT2D eigenvalue weighted by Gasteiger charge is -2.11. The zero-order chi connectivity index (χ0) is 20.2. The first-order chi connectivity index (χ1) is 13.4. The number of aryl methyl sites for hydroxylation is 2. The van der Waals surface area contributed by atoms with E-state index in [0.29, 0.717) is 35.7 Å². The van der Waals surface area contributed by atoms with E-state index >= 15 is 0 Å². The van der Waals surface area contributed by atoms with Crippen LogP contribution in [0.15, 0.2) is 33.9 Å². The molecule has 0 unspecified atom stereocenters. The molecule has 0 aliphatic rings. The van der Waals surface area contributed by atoms with Crippen LogP contribution in [-0.4, -0.2) is 30.2 Å². The van der Waals surface area contributed by atoms with Crippen LogP contribution >= 0.6 is 0 Å². The van der Waals surface area contributed by atoms with Gasteiger partial charge in [0.1, 0.15) is 5.75 Å². The molecule has 8 nitrogen and oxygen atoms in total. The van der Waals surface area contributed by atoms with Crippen LogP contribution in [0.25, 0.3) is 22.6 Å². The van der Waals surface area contributed by atoms with Gasteiger partial charge in [0.05, 0.1) is 12.8 Å². The summed E-state index contributed by atoms with van der Waals surface area (Å²) in [6.45, 7) is 6.24. The van der Waals surface area contributed by atoms with Gasteiger partial charge in [-0.25, -0.2) is 4.79 Å². The highest BCUT2D eigenvalue weighted by molar-refractivity contribution is 5.77. The minimum Gasteiger partial charge on any atom is -0.495 e. The molecule has 0 spiro atoms. The standard InChI is InChI=1S/C20H23N5O3/c1-6-11-23-18(26)16-17(22(4)20(23)27)21-19-24(12(2)13(3)25(16)19)14-9-7-8-10-15(14)28-5/h7-10H,6,11H2,1-5H3. The van der Waals surface area contributed by atoms with E-state index in [2.05, 4.69) is 0 Å². The van der Waals surface area contributed by atoms with E-state index in [1.54, 1.807) is 14.2 Å². The van der Waals surface area contributed by atoms with Crippen LogP contribution < -0.4 is 16.0 Å². The topological polar surface area (TPSA) is 75.5 Å². The first-order valence-corrected chi connectivity index (χ1v) is 9.25. The number of methoxy groups -OCH3 is 1. The first-order valence-electron chi connectivity index (χ1n) is 9.25. The molecule has 28 heavy (non-hydrogen) atoms. The van der Waals surface area contributed by atoms with Crippen LogP contribution in [0.5, 0.6) is 5.75 Å². The van der Waals surface area contributed by atoms with Crippen molar-refractivity contribution in [3.05, 3.63) is 56.5 Å². The van der Waals surface area contributed by atoms with Gasteiger partial charge in [0, 0.05) is 25.0 Å². The van der Waals surface area contributed by atoms with Crippen LogP contribution in [0.3, 0.4) is 0 Å². The number of imidazole rings is 2. The lowest BCUT2D eigenvalue weighted by atomic mass is 10.2. The van der Waals surface area contributed by atoms with E-state index < -0.39 is 0 Å². The first kappa shape index (κ1) is 18.1. The zero-order valence-corrected chi connectivity index (χ0v) is 16.7. The fraction of sp³-hybridized carbons (Fsp3) is 0.350. The molecule has 146 valence electrons. The van der Waals surface area contributed by atoms with Crippen molar-refractivity contribution in [1.82, 2.24) is 23.1 Å². The maximum atomic E-state index is 13.2. The summed E-state index contributed by atoms with van der Waals surface area (Å²) < 4.78 is 12.1. The highest BCUT2D eigenvalue weighted by Gasteiger charge is 2.23. The van der Waals surface area contributed by atoms with Crippen molar-refractivity contribution >= 4 is 16.9 Å². The molecule has 4 rings (SSSR count). The molecular formula is C20H23N5O3. The van der Waals surface area contributed by atoms with Crippen LogP contribution in [0.1, 0.15) is 24.7 Å². The molecule has 0 N–H and O–H groups in total. The Morgan fingerprint density at radius 2 is 1.82 bits per heavy atom. The van der Waals surface area contributed by atoms with Crippen molar-refractivity contribution in [2.24, 2.45) is 7.05 Å². The molecule has 0 amide bonds. The SMILES string of the molecule is CCCn1c(=O)c2c(nc3n(-c4ccccc4OC)c(C)c(C)n23)n(C)c1=O. The van der Waals surface area contributed by atoms with Gasteiger partial charge in [-0.2, -0.15) is 4.98 Å². The average molecular weight is 381 g/mol. The van der Waals surface area contributed by atoms with Crippen LogP contribution in [0.2, 0.25) is 0 Å². The summed E-state index contributed by atoms with van der Waals surface area (Å²) in [6, 6.07) is 7.66. The van der Waals surface area contributed by atoms with Gasteiger partial charge in [-0.15, -0.1) is 0 Å². The molecule has 0 fully saturated rings. The second-order valence-electron chi connectivity index (χ2n) is 6.90. The van der Waals surface area contributed by atoms with Crippen molar-refractivity contribution in [2.75, 3.05) is 7.11 Å². The van der Waals surface area contributed by atoms with Gasteiger partial charge >= 0.3 is 5.69 Å². The Balaban J connectivity index is 2.21. The number of nitrogens with zero attached hydrogens (tertiary/aromatic N) is 5. The largest absolute Gasteiger partial charge is 0.495 e. The van der Waals surface area contributed by atoms with Gasteiger partial charge in [0.25, 0.3) is 5.56 Å². The Hall–Kier alpha value is -3.29. The minimum atomic E-state index is -0.349. The molecule has 8 heteroatoms. The monoisotopic (exact) mass is 381 g/mol. The molecular weight excluding hydrogens is 358 g/mol. The van der Waals surface area contributed by atoms with E-state index in [4.69, 9.17) is 9.72 Å². The van der Waals surface area contributed by atoms with E-state index in [1.807, 2.05) is 54.0 Å². The van der Waals surface area contributed by atoms with Gasteiger partial charge in [-0.1, -0.05) is 19.1 Å². The number of aromatic nitrogens is 5. The van der Waals surface area contributed by atoms with Gasteiger partial charge in [-0.3, -0.25) is 22.9 Å². The smallest absolute Gasteiger partial charge is 0.332 e. The summed E-state index contributed by atoms with van der Waals surface area (Å²) in [6.07, 6.45) is 0.697. The van der Waals surface area contributed by atoms with Gasteiger partial charge < -0.3 is 4.74 Å². The molecule has 3 heterocycles. The predicted molar refractivity (Wildman–Crippen MR) is 108 cm³/mol. The van der Waals surface area contributed by atoms with Crippen molar-refractivity contribution in [3.8, 4) is 11.4 Å². The molecule has 0 bridgehead atoms. The second kappa shape index (κ2) is 6.40. The van der Waals surface area contributed by atoms with E-state index in [1.165, 1.54) is 9.13 Å². The third-order valence-corrected chi connectivity index (χ3v) is 5.29. The maximum Gasteiger partial charge on any atom is 0.332 e. The van der Waals surface area contributed by atoms with Gasteiger partial charge in [-0.05, 0) is 32.4 Å². The Morgan fingerprint density at radius 1 is 1.11 bits per heavy atom. The third kappa shape index (κ3) is 2.27. The lowest BCUT2D eigenvalue weighted by molar-refractivity contribution is 0.413. The van der Waals surface area contributed by atoms with E-state index in [0.717, 1.165) is 17.1 Å². The summed E-state index contributed by atoms with van der Waals surface area (Å²) in [5.74, 6) is 1.28. The van der Waals surface area contributed by atoms with Crippen LogP contribution in [0.4, 0.5) is 0 Å². The summed E-state index contributed by atoms with van der Waals surface area (Å²) in [7, 11) is 3.27. The number of fused-ring (bicyclic) bond motifs is 3. The number of hydrogen-bond donors (Lipinski definition) is 0. The van der Waals surface area contributed by atoms with Gasteiger partial charge in [0.2, 0.25) is 5.78 Å². The van der Waals surface area contributed by atoms with Crippen LogP contribution in [0, 0.1) is 13.8 Å². The molecule has 0 saturated heterocycles. The molecule has 0 saturated carbocycles. The van der Waals surface area contributed by atoms with Crippen molar-refractivity contribution in [2.45, 2.75) is 33.7 Å².